The topological polar surface area (TPSA) is 106 Å². The van der Waals surface area contributed by atoms with Crippen molar-refractivity contribution in [2.24, 2.45) is 0 Å². The Morgan fingerprint density at radius 1 is 1.11 bits per heavy atom. The summed E-state index contributed by atoms with van der Waals surface area (Å²) in [4.78, 5) is 16.4. The fourth-order valence-electron chi connectivity index (χ4n) is 3.66. The largest absolute Gasteiger partial charge is 0.489 e. The minimum atomic E-state index is -3.38. The summed E-state index contributed by atoms with van der Waals surface area (Å²) >= 11 is 0. The maximum atomic E-state index is 11.9. The second kappa shape index (κ2) is 8.43. The van der Waals surface area contributed by atoms with Crippen LogP contribution in [-0.4, -0.2) is 67.2 Å². The van der Waals surface area contributed by atoms with Crippen LogP contribution in [0.1, 0.15) is 38.5 Å². The molecule has 150 valence electrons. The average molecular weight is 398 g/mol. The third-order valence-electron chi connectivity index (χ3n) is 5.16. The van der Waals surface area contributed by atoms with Crippen molar-refractivity contribution in [3.63, 3.8) is 0 Å². The summed E-state index contributed by atoms with van der Waals surface area (Å²) in [5.41, 5.74) is 0. The zero-order valence-corrected chi connectivity index (χ0v) is 16.2. The molecule has 0 radical (unpaired) electrons. The van der Waals surface area contributed by atoms with Crippen molar-refractivity contribution in [1.82, 2.24) is 9.88 Å². The van der Waals surface area contributed by atoms with Crippen LogP contribution >= 0.6 is 0 Å². The van der Waals surface area contributed by atoms with Gasteiger partial charge in [-0.15, -0.1) is 0 Å². The summed E-state index contributed by atoms with van der Waals surface area (Å²) in [7, 11) is -3.38. The standard InChI is InChI=1S/C18H26N2O6S/c1-27(23,24)17-12-19-9-6-16(17)26-14-4-2-13(3-5-14)25-15-7-10-20(11-8-15)18(21)22/h6,9,12-15H,2-5,7-8,10-11H2,1H3,(H,21,22). The molecule has 0 spiro atoms. The van der Waals surface area contributed by atoms with Crippen LogP contribution in [0.4, 0.5) is 4.79 Å². The SMILES string of the molecule is CS(=O)(=O)c1cnccc1OC1CCC(OC2CCN(C(=O)O)CC2)CC1. The molecule has 1 aliphatic heterocycles. The van der Waals surface area contributed by atoms with Crippen molar-refractivity contribution in [2.45, 2.75) is 61.7 Å². The number of aromatic nitrogens is 1. The number of carboxylic acid groups (broad SMARTS) is 1. The summed E-state index contributed by atoms with van der Waals surface area (Å²) in [5.74, 6) is 0.359. The van der Waals surface area contributed by atoms with E-state index in [9.17, 15) is 13.2 Å². The van der Waals surface area contributed by atoms with E-state index in [1.807, 2.05) is 0 Å². The van der Waals surface area contributed by atoms with E-state index in [0.717, 1.165) is 44.8 Å². The highest BCUT2D eigenvalue weighted by atomic mass is 32.2. The fourth-order valence-corrected chi connectivity index (χ4v) is 4.40. The first-order valence-electron chi connectivity index (χ1n) is 9.27. The van der Waals surface area contributed by atoms with Gasteiger partial charge in [-0.25, -0.2) is 13.2 Å². The lowest BCUT2D eigenvalue weighted by Crippen LogP contribution is -2.41. The van der Waals surface area contributed by atoms with Crippen LogP contribution in [0.15, 0.2) is 23.4 Å². The number of piperidine rings is 1. The van der Waals surface area contributed by atoms with Gasteiger partial charge < -0.3 is 19.5 Å². The Labute approximate surface area is 159 Å². The van der Waals surface area contributed by atoms with Crippen molar-refractivity contribution in [1.29, 1.82) is 0 Å². The fraction of sp³-hybridized carbons (Fsp3) is 0.667. The predicted octanol–water partition coefficient (Wildman–Crippen LogP) is 2.33. The van der Waals surface area contributed by atoms with Gasteiger partial charge in [-0.3, -0.25) is 4.98 Å². The van der Waals surface area contributed by atoms with Crippen molar-refractivity contribution in [2.75, 3.05) is 19.3 Å². The van der Waals surface area contributed by atoms with E-state index in [1.54, 1.807) is 6.07 Å². The van der Waals surface area contributed by atoms with Gasteiger partial charge in [0.25, 0.3) is 0 Å². The smallest absolute Gasteiger partial charge is 0.407 e. The highest BCUT2D eigenvalue weighted by Gasteiger charge is 2.29. The molecule has 1 saturated heterocycles. The van der Waals surface area contributed by atoms with E-state index in [2.05, 4.69) is 4.98 Å². The van der Waals surface area contributed by atoms with Gasteiger partial charge in [-0.1, -0.05) is 0 Å². The van der Waals surface area contributed by atoms with Gasteiger partial charge >= 0.3 is 6.09 Å². The van der Waals surface area contributed by atoms with Crippen molar-refractivity contribution in [3.05, 3.63) is 18.5 Å². The van der Waals surface area contributed by atoms with E-state index < -0.39 is 15.9 Å². The normalized spacial score (nSPS) is 24.6. The average Bonchev–Trinajstić information content (AvgIpc) is 2.63. The van der Waals surface area contributed by atoms with Crippen LogP contribution in [0.25, 0.3) is 0 Å². The lowest BCUT2D eigenvalue weighted by molar-refractivity contribution is -0.0642. The molecule has 1 aromatic rings. The second-order valence-electron chi connectivity index (χ2n) is 7.22. The van der Waals surface area contributed by atoms with E-state index >= 15 is 0 Å². The van der Waals surface area contributed by atoms with Crippen molar-refractivity contribution in [3.8, 4) is 5.75 Å². The van der Waals surface area contributed by atoms with Gasteiger partial charge in [0.1, 0.15) is 10.6 Å². The Hall–Kier alpha value is -1.87. The number of pyridine rings is 1. The number of ether oxygens (including phenoxy) is 2. The van der Waals surface area contributed by atoms with E-state index in [-0.39, 0.29) is 23.2 Å². The second-order valence-corrected chi connectivity index (χ2v) is 9.20. The van der Waals surface area contributed by atoms with Crippen LogP contribution in [0.5, 0.6) is 5.75 Å². The zero-order chi connectivity index (χ0) is 19.4. The van der Waals surface area contributed by atoms with Gasteiger partial charge in [-0.05, 0) is 44.6 Å². The molecule has 0 bridgehead atoms. The number of amides is 1. The molecule has 2 aliphatic rings. The Morgan fingerprint density at radius 2 is 1.70 bits per heavy atom. The van der Waals surface area contributed by atoms with Crippen LogP contribution in [0.2, 0.25) is 0 Å². The Morgan fingerprint density at radius 3 is 2.30 bits per heavy atom. The molecule has 1 aliphatic carbocycles. The molecule has 27 heavy (non-hydrogen) atoms. The van der Waals surface area contributed by atoms with Crippen LogP contribution in [0, 0.1) is 0 Å². The number of likely N-dealkylation sites (tertiary alicyclic amines) is 1. The monoisotopic (exact) mass is 398 g/mol. The Balaban J connectivity index is 1.47. The molecule has 0 aromatic carbocycles. The van der Waals surface area contributed by atoms with Crippen LogP contribution < -0.4 is 4.74 Å². The van der Waals surface area contributed by atoms with E-state index in [4.69, 9.17) is 14.6 Å². The van der Waals surface area contributed by atoms with Gasteiger partial charge in [-0.2, -0.15) is 0 Å². The molecule has 1 amide bonds. The first-order valence-corrected chi connectivity index (χ1v) is 11.2. The first-order chi connectivity index (χ1) is 12.8. The lowest BCUT2D eigenvalue weighted by atomic mass is 9.94. The molecule has 8 nitrogen and oxygen atoms in total. The van der Waals surface area contributed by atoms with Crippen LogP contribution in [-0.2, 0) is 14.6 Å². The molecular weight excluding hydrogens is 372 g/mol. The molecule has 1 aromatic heterocycles. The van der Waals surface area contributed by atoms with Crippen molar-refractivity contribution < 1.29 is 27.8 Å². The van der Waals surface area contributed by atoms with Gasteiger partial charge in [0.15, 0.2) is 9.84 Å². The van der Waals surface area contributed by atoms with E-state index in [1.165, 1.54) is 17.3 Å². The molecular formula is C18H26N2O6S. The Bertz CT molecular complexity index is 753. The number of rotatable bonds is 5. The summed E-state index contributed by atoms with van der Waals surface area (Å²) in [6.07, 6.45) is 8.12. The third kappa shape index (κ3) is 5.32. The first kappa shape index (κ1) is 19.9. The maximum Gasteiger partial charge on any atom is 0.407 e. The molecule has 2 heterocycles. The minimum absolute atomic E-state index is 0.0402. The molecule has 2 fully saturated rings. The highest BCUT2D eigenvalue weighted by Crippen LogP contribution is 2.30. The van der Waals surface area contributed by atoms with Crippen LogP contribution in [0.3, 0.4) is 0 Å². The number of nitrogens with zero attached hydrogens (tertiary/aromatic N) is 2. The number of hydrogen-bond acceptors (Lipinski definition) is 6. The van der Waals surface area contributed by atoms with Gasteiger partial charge in [0.2, 0.25) is 0 Å². The minimum Gasteiger partial charge on any atom is -0.489 e. The van der Waals surface area contributed by atoms with E-state index in [0.29, 0.717) is 18.8 Å². The predicted molar refractivity (Wildman–Crippen MR) is 97.7 cm³/mol. The number of sulfone groups is 1. The molecule has 1 saturated carbocycles. The third-order valence-corrected chi connectivity index (χ3v) is 6.26. The zero-order valence-electron chi connectivity index (χ0n) is 15.4. The molecule has 0 atom stereocenters. The number of hydrogen-bond donors (Lipinski definition) is 1. The molecule has 3 rings (SSSR count). The maximum absolute atomic E-state index is 11.9. The van der Waals surface area contributed by atoms with Gasteiger partial charge in [0, 0.05) is 31.7 Å². The quantitative estimate of drug-likeness (QED) is 0.811. The summed E-state index contributed by atoms with van der Waals surface area (Å²) in [6, 6.07) is 1.59. The molecule has 0 unspecified atom stereocenters. The lowest BCUT2D eigenvalue weighted by Gasteiger charge is -2.35. The summed E-state index contributed by atoms with van der Waals surface area (Å²) < 4.78 is 35.8. The van der Waals surface area contributed by atoms with Crippen molar-refractivity contribution >= 4 is 15.9 Å². The van der Waals surface area contributed by atoms with Gasteiger partial charge in [0.05, 0.1) is 18.3 Å². The Kier molecular flexibility index (Phi) is 6.21. The summed E-state index contributed by atoms with van der Waals surface area (Å²) in [5, 5.41) is 9.00. The summed E-state index contributed by atoms with van der Waals surface area (Å²) in [6.45, 7) is 1.05. The number of carbonyl (C=O) groups is 1. The molecule has 1 N–H and O–H groups in total. The highest BCUT2D eigenvalue weighted by molar-refractivity contribution is 7.90. The molecule has 9 heteroatoms.